The molecular formula is C25H34N6O4S. The quantitative estimate of drug-likeness (QED) is 0.372. The summed E-state index contributed by atoms with van der Waals surface area (Å²) in [6.45, 7) is 6.90. The van der Waals surface area contributed by atoms with E-state index in [9.17, 15) is 9.59 Å². The normalized spacial score (nSPS) is 11.8. The molecule has 10 nitrogen and oxygen atoms in total. The molecule has 1 atom stereocenters. The molecule has 0 aliphatic rings. The van der Waals surface area contributed by atoms with Crippen molar-refractivity contribution in [1.29, 1.82) is 0 Å². The minimum atomic E-state index is -0.597. The molecule has 0 fully saturated rings. The number of thiophene rings is 1. The van der Waals surface area contributed by atoms with E-state index in [4.69, 9.17) is 9.47 Å². The van der Waals surface area contributed by atoms with Crippen LogP contribution in [0, 0.1) is 5.92 Å². The van der Waals surface area contributed by atoms with Crippen LogP contribution in [0.3, 0.4) is 0 Å². The highest BCUT2D eigenvalue weighted by atomic mass is 32.1. The molecule has 0 saturated carbocycles. The van der Waals surface area contributed by atoms with Gasteiger partial charge in [-0.3, -0.25) is 9.59 Å². The largest absolute Gasteiger partial charge is 0.493 e. The molecule has 2 amide bonds. The Hall–Kier alpha value is -3.47. The zero-order valence-corrected chi connectivity index (χ0v) is 22.2. The maximum atomic E-state index is 13.4. The Morgan fingerprint density at radius 3 is 2.58 bits per heavy atom. The summed E-state index contributed by atoms with van der Waals surface area (Å²) in [7, 11) is 3.11. The molecule has 194 valence electrons. The Labute approximate surface area is 215 Å². The van der Waals surface area contributed by atoms with Gasteiger partial charge in [-0.1, -0.05) is 26.8 Å². The van der Waals surface area contributed by atoms with Crippen LogP contribution >= 0.6 is 11.3 Å². The van der Waals surface area contributed by atoms with Gasteiger partial charge in [0, 0.05) is 17.0 Å². The number of rotatable bonds is 13. The highest BCUT2D eigenvalue weighted by Crippen LogP contribution is 2.30. The first-order chi connectivity index (χ1) is 17.4. The van der Waals surface area contributed by atoms with Gasteiger partial charge in [0.1, 0.15) is 12.6 Å². The number of nitrogens with one attached hydrogen (secondary N) is 1. The lowest BCUT2D eigenvalue weighted by atomic mass is 10.1. The Morgan fingerprint density at radius 1 is 1.17 bits per heavy atom. The van der Waals surface area contributed by atoms with Crippen LogP contribution in [0.5, 0.6) is 11.5 Å². The number of carbonyl (C=O) groups excluding carboxylic acids is 2. The van der Waals surface area contributed by atoms with E-state index in [-0.39, 0.29) is 18.4 Å². The second-order valence-corrected chi connectivity index (χ2v) is 9.74. The van der Waals surface area contributed by atoms with Crippen molar-refractivity contribution in [2.24, 2.45) is 5.92 Å². The number of amides is 2. The van der Waals surface area contributed by atoms with Crippen molar-refractivity contribution in [3.05, 3.63) is 40.6 Å². The van der Waals surface area contributed by atoms with E-state index in [2.05, 4.69) is 34.6 Å². The van der Waals surface area contributed by atoms with E-state index < -0.39 is 6.04 Å². The second kappa shape index (κ2) is 13.0. The van der Waals surface area contributed by atoms with Gasteiger partial charge < -0.3 is 19.7 Å². The highest BCUT2D eigenvalue weighted by Gasteiger charge is 2.29. The van der Waals surface area contributed by atoms with E-state index in [0.29, 0.717) is 48.3 Å². The van der Waals surface area contributed by atoms with Gasteiger partial charge in [-0.05, 0) is 53.6 Å². The minimum Gasteiger partial charge on any atom is -0.493 e. The third-order valence-electron chi connectivity index (χ3n) is 5.68. The molecule has 3 rings (SSSR count). The summed E-state index contributed by atoms with van der Waals surface area (Å²) in [5, 5.41) is 17.5. The van der Waals surface area contributed by atoms with Crippen LogP contribution in [0.2, 0.25) is 0 Å². The van der Waals surface area contributed by atoms with Crippen LogP contribution < -0.4 is 14.8 Å². The number of tetrazole rings is 1. The number of benzene rings is 1. The summed E-state index contributed by atoms with van der Waals surface area (Å²) in [6, 6.07) is 8.59. The number of ether oxygens (including phenoxy) is 2. The van der Waals surface area contributed by atoms with Gasteiger partial charge in [0.2, 0.25) is 17.6 Å². The lowest BCUT2D eigenvalue weighted by molar-refractivity contribution is -0.142. The SMILES string of the molecule is CCC(C(=O)NCCC(C)C)N(Cc1cccs1)C(=O)Cn1nnc(-c2ccc(OC)c(OC)c2)n1. The van der Waals surface area contributed by atoms with Crippen LogP contribution in [0.25, 0.3) is 11.4 Å². The number of methoxy groups -OCH3 is 2. The van der Waals surface area contributed by atoms with Crippen LogP contribution in [0.4, 0.5) is 0 Å². The summed E-state index contributed by atoms with van der Waals surface area (Å²) in [5.74, 6) is 1.55. The van der Waals surface area contributed by atoms with Gasteiger partial charge in [0.25, 0.3) is 0 Å². The van der Waals surface area contributed by atoms with Gasteiger partial charge in [-0.2, -0.15) is 4.80 Å². The lowest BCUT2D eigenvalue weighted by Crippen LogP contribution is -2.50. The summed E-state index contributed by atoms with van der Waals surface area (Å²) in [4.78, 5) is 30.3. The summed E-state index contributed by atoms with van der Waals surface area (Å²) in [5.41, 5.74) is 0.678. The van der Waals surface area contributed by atoms with Crippen LogP contribution in [-0.2, 0) is 22.7 Å². The Kier molecular flexibility index (Phi) is 9.80. The van der Waals surface area contributed by atoms with Crippen LogP contribution in [0.15, 0.2) is 35.7 Å². The molecule has 2 aromatic heterocycles. The Morgan fingerprint density at radius 2 is 1.94 bits per heavy atom. The Bertz CT molecular complexity index is 1130. The van der Waals surface area contributed by atoms with Crippen molar-refractivity contribution >= 4 is 23.2 Å². The molecule has 1 N–H and O–H groups in total. The maximum Gasteiger partial charge on any atom is 0.247 e. The fourth-order valence-corrected chi connectivity index (χ4v) is 4.41. The van der Waals surface area contributed by atoms with Gasteiger partial charge in [-0.25, -0.2) is 0 Å². The average molecular weight is 515 g/mol. The van der Waals surface area contributed by atoms with Crippen molar-refractivity contribution < 1.29 is 19.1 Å². The third-order valence-corrected chi connectivity index (χ3v) is 6.55. The minimum absolute atomic E-state index is 0.137. The van der Waals surface area contributed by atoms with Gasteiger partial charge in [0.05, 0.1) is 20.8 Å². The predicted molar refractivity (Wildman–Crippen MR) is 138 cm³/mol. The zero-order chi connectivity index (χ0) is 26.1. The molecule has 0 aliphatic carbocycles. The molecule has 0 radical (unpaired) electrons. The maximum absolute atomic E-state index is 13.4. The fraction of sp³-hybridized carbons (Fsp3) is 0.480. The van der Waals surface area contributed by atoms with Gasteiger partial charge >= 0.3 is 0 Å². The number of nitrogens with zero attached hydrogens (tertiary/aromatic N) is 5. The van der Waals surface area contributed by atoms with E-state index >= 15 is 0 Å². The number of carbonyl (C=O) groups is 2. The molecule has 2 heterocycles. The molecule has 1 unspecified atom stereocenters. The van der Waals surface area contributed by atoms with Crippen molar-refractivity contribution in [3.8, 4) is 22.9 Å². The molecule has 11 heteroatoms. The topological polar surface area (TPSA) is 111 Å². The van der Waals surface area contributed by atoms with Crippen LogP contribution in [0.1, 0.15) is 38.5 Å². The number of hydrogen-bond donors (Lipinski definition) is 1. The van der Waals surface area contributed by atoms with Crippen molar-refractivity contribution in [3.63, 3.8) is 0 Å². The lowest BCUT2D eigenvalue weighted by Gasteiger charge is -2.30. The van der Waals surface area contributed by atoms with E-state index in [1.807, 2.05) is 24.4 Å². The molecule has 36 heavy (non-hydrogen) atoms. The van der Waals surface area contributed by atoms with Gasteiger partial charge in [-0.15, -0.1) is 21.5 Å². The fourth-order valence-electron chi connectivity index (χ4n) is 3.70. The first-order valence-corrected chi connectivity index (χ1v) is 12.8. The molecule has 0 spiro atoms. The van der Waals surface area contributed by atoms with E-state index in [1.165, 1.54) is 4.80 Å². The molecular weight excluding hydrogens is 480 g/mol. The zero-order valence-electron chi connectivity index (χ0n) is 21.4. The number of aromatic nitrogens is 4. The standard InChI is InChI=1S/C25H34N6O4S/c1-6-20(25(33)26-12-11-17(2)3)30(15-19-8-7-13-36-19)23(32)16-31-28-24(27-29-31)18-9-10-21(34-4)22(14-18)35-5/h7-10,13-14,17,20H,6,11-12,15-16H2,1-5H3,(H,26,33). The predicted octanol–water partition coefficient (Wildman–Crippen LogP) is 3.39. The number of hydrogen-bond acceptors (Lipinski definition) is 8. The molecule has 0 aliphatic heterocycles. The smallest absolute Gasteiger partial charge is 0.247 e. The van der Waals surface area contributed by atoms with Crippen molar-refractivity contribution in [1.82, 2.24) is 30.4 Å². The van der Waals surface area contributed by atoms with E-state index in [1.54, 1.807) is 48.7 Å². The summed E-state index contributed by atoms with van der Waals surface area (Å²) < 4.78 is 10.6. The van der Waals surface area contributed by atoms with Crippen molar-refractivity contribution in [2.75, 3.05) is 20.8 Å². The second-order valence-electron chi connectivity index (χ2n) is 8.71. The Balaban J connectivity index is 1.77. The summed E-state index contributed by atoms with van der Waals surface area (Å²) >= 11 is 1.55. The molecule has 3 aromatic rings. The van der Waals surface area contributed by atoms with E-state index in [0.717, 1.165) is 11.3 Å². The highest BCUT2D eigenvalue weighted by molar-refractivity contribution is 7.09. The van der Waals surface area contributed by atoms with Crippen molar-refractivity contribution in [2.45, 2.75) is 52.7 Å². The van der Waals surface area contributed by atoms with Gasteiger partial charge in [0.15, 0.2) is 11.5 Å². The first kappa shape index (κ1) is 27.1. The average Bonchev–Trinajstić information content (AvgIpc) is 3.55. The third kappa shape index (κ3) is 7.03. The molecule has 0 bridgehead atoms. The summed E-state index contributed by atoms with van der Waals surface area (Å²) in [6.07, 6.45) is 1.37. The monoisotopic (exact) mass is 514 g/mol. The molecule has 1 aromatic carbocycles. The first-order valence-electron chi connectivity index (χ1n) is 12.0. The molecule has 0 saturated heterocycles. The van der Waals surface area contributed by atoms with Crippen LogP contribution in [-0.4, -0.2) is 63.7 Å².